The summed E-state index contributed by atoms with van der Waals surface area (Å²) in [5.74, 6) is -3.69. The van der Waals surface area contributed by atoms with Crippen LogP contribution in [0, 0.1) is 23.4 Å². The predicted octanol–water partition coefficient (Wildman–Crippen LogP) is 2.79. The molecule has 1 unspecified atom stereocenters. The molecular formula is C13H13F3N2. The molecule has 0 aliphatic heterocycles. The number of rotatable bonds is 3. The molecule has 0 saturated heterocycles. The minimum atomic E-state index is -1.45. The van der Waals surface area contributed by atoms with Crippen LogP contribution < -0.4 is 5.73 Å². The van der Waals surface area contributed by atoms with E-state index in [4.69, 9.17) is 5.73 Å². The standard InChI is InChI=1S/C13H13F3N2/c1-7(6-17)4-11-9-5-10(14)13(16)12(15)8(9)2-3-18-11/h2-3,5,7H,4,6,17H2,1H3. The summed E-state index contributed by atoms with van der Waals surface area (Å²) in [5, 5.41) is 0.345. The third-order valence-corrected chi connectivity index (χ3v) is 2.93. The van der Waals surface area contributed by atoms with Crippen molar-refractivity contribution >= 4 is 10.8 Å². The number of hydrogen-bond acceptors (Lipinski definition) is 2. The van der Waals surface area contributed by atoms with Gasteiger partial charge in [-0.1, -0.05) is 6.92 Å². The van der Waals surface area contributed by atoms with Gasteiger partial charge in [-0.05, 0) is 31.0 Å². The van der Waals surface area contributed by atoms with Crippen LogP contribution in [0.4, 0.5) is 13.2 Å². The molecule has 2 rings (SSSR count). The van der Waals surface area contributed by atoms with Crippen LogP contribution in [0.15, 0.2) is 18.3 Å². The molecule has 1 aromatic carbocycles. The van der Waals surface area contributed by atoms with Crippen molar-refractivity contribution in [2.75, 3.05) is 6.54 Å². The number of nitrogens with two attached hydrogens (primary N) is 1. The van der Waals surface area contributed by atoms with E-state index in [-0.39, 0.29) is 11.3 Å². The first-order chi connectivity index (χ1) is 8.54. The lowest BCUT2D eigenvalue weighted by Crippen LogP contribution is -2.14. The van der Waals surface area contributed by atoms with Gasteiger partial charge in [0, 0.05) is 22.7 Å². The summed E-state index contributed by atoms with van der Waals surface area (Å²) >= 11 is 0. The molecule has 1 atom stereocenters. The maximum atomic E-state index is 13.6. The molecule has 0 saturated carbocycles. The van der Waals surface area contributed by atoms with Crippen molar-refractivity contribution in [1.82, 2.24) is 4.98 Å². The van der Waals surface area contributed by atoms with E-state index in [1.165, 1.54) is 12.3 Å². The molecule has 18 heavy (non-hydrogen) atoms. The van der Waals surface area contributed by atoms with Crippen LogP contribution in [-0.4, -0.2) is 11.5 Å². The van der Waals surface area contributed by atoms with Gasteiger partial charge in [-0.2, -0.15) is 0 Å². The van der Waals surface area contributed by atoms with Crippen LogP contribution in [0.2, 0.25) is 0 Å². The average molecular weight is 254 g/mol. The Bertz CT molecular complexity index is 584. The fourth-order valence-corrected chi connectivity index (χ4v) is 1.86. The zero-order chi connectivity index (χ0) is 13.3. The first kappa shape index (κ1) is 12.8. The summed E-state index contributed by atoms with van der Waals surface area (Å²) in [6.07, 6.45) is 1.89. The number of nitrogens with zero attached hydrogens (tertiary/aromatic N) is 1. The number of benzene rings is 1. The Hall–Kier alpha value is -1.62. The monoisotopic (exact) mass is 254 g/mol. The van der Waals surface area contributed by atoms with Gasteiger partial charge in [0.2, 0.25) is 0 Å². The number of pyridine rings is 1. The van der Waals surface area contributed by atoms with Crippen molar-refractivity contribution in [1.29, 1.82) is 0 Å². The van der Waals surface area contributed by atoms with Gasteiger partial charge in [-0.25, -0.2) is 13.2 Å². The van der Waals surface area contributed by atoms with E-state index < -0.39 is 17.5 Å². The number of halogens is 3. The smallest absolute Gasteiger partial charge is 0.195 e. The molecule has 0 radical (unpaired) electrons. The first-order valence-corrected chi connectivity index (χ1v) is 5.65. The highest BCUT2D eigenvalue weighted by molar-refractivity contribution is 5.85. The van der Waals surface area contributed by atoms with Gasteiger partial charge in [0.25, 0.3) is 0 Å². The van der Waals surface area contributed by atoms with Crippen molar-refractivity contribution < 1.29 is 13.2 Å². The summed E-state index contributed by atoms with van der Waals surface area (Å²) < 4.78 is 40.0. The maximum absolute atomic E-state index is 13.6. The molecule has 0 spiro atoms. The highest BCUT2D eigenvalue weighted by Crippen LogP contribution is 2.25. The number of aromatic nitrogens is 1. The molecule has 2 nitrogen and oxygen atoms in total. The molecule has 1 aromatic heterocycles. The topological polar surface area (TPSA) is 38.9 Å². The molecule has 0 fully saturated rings. The van der Waals surface area contributed by atoms with E-state index in [9.17, 15) is 13.2 Å². The van der Waals surface area contributed by atoms with E-state index in [2.05, 4.69) is 4.98 Å². The van der Waals surface area contributed by atoms with E-state index in [1.807, 2.05) is 6.92 Å². The quantitative estimate of drug-likeness (QED) is 0.855. The van der Waals surface area contributed by atoms with Crippen molar-refractivity contribution in [2.45, 2.75) is 13.3 Å². The minimum Gasteiger partial charge on any atom is -0.330 e. The van der Waals surface area contributed by atoms with E-state index in [0.29, 0.717) is 24.0 Å². The number of hydrogen-bond donors (Lipinski definition) is 1. The second kappa shape index (κ2) is 4.94. The molecule has 1 heterocycles. The highest BCUT2D eigenvalue weighted by Gasteiger charge is 2.16. The van der Waals surface area contributed by atoms with Crippen LogP contribution in [0.3, 0.4) is 0 Å². The van der Waals surface area contributed by atoms with Crippen LogP contribution in [0.25, 0.3) is 10.8 Å². The molecular weight excluding hydrogens is 241 g/mol. The Morgan fingerprint density at radius 3 is 2.61 bits per heavy atom. The highest BCUT2D eigenvalue weighted by atomic mass is 19.2. The summed E-state index contributed by atoms with van der Waals surface area (Å²) in [7, 11) is 0. The summed E-state index contributed by atoms with van der Waals surface area (Å²) in [4.78, 5) is 4.10. The fraction of sp³-hybridized carbons (Fsp3) is 0.308. The van der Waals surface area contributed by atoms with Gasteiger partial charge >= 0.3 is 0 Å². The Morgan fingerprint density at radius 2 is 1.94 bits per heavy atom. The number of fused-ring (bicyclic) bond motifs is 1. The molecule has 5 heteroatoms. The lowest BCUT2D eigenvalue weighted by atomic mass is 10.0. The van der Waals surface area contributed by atoms with Crippen LogP contribution >= 0.6 is 0 Å². The Balaban J connectivity index is 2.62. The second-order valence-corrected chi connectivity index (χ2v) is 4.38. The Labute approximate surface area is 103 Å². The van der Waals surface area contributed by atoms with Gasteiger partial charge in [-0.15, -0.1) is 0 Å². The van der Waals surface area contributed by atoms with E-state index in [0.717, 1.165) is 6.07 Å². The summed E-state index contributed by atoms with van der Waals surface area (Å²) in [6.45, 7) is 2.36. The zero-order valence-corrected chi connectivity index (χ0v) is 9.88. The van der Waals surface area contributed by atoms with Crippen LogP contribution in [0.5, 0.6) is 0 Å². The van der Waals surface area contributed by atoms with Crippen LogP contribution in [-0.2, 0) is 6.42 Å². The summed E-state index contributed by atoms with van der Waals surface area (Å²) in [6, 6.07) is 2.32. The van der Waals surface area contributed by atoms with Crippen LogP contribution in [0.1, 0.15) is 12.6 Å². The molecule has 2 N–H and O–H groups in total. The lowest BCUT2D eigenvalue weighted by Gasteiger charge is -2.11. The average Bonchev–Trinajstić information content (AvgIpc) is 2.37. The van der Waals surface area contributed by atoms with Crippen molar-refractivity contribution in [2.24, 2.45) is 11.7 Å². The van der Waals surface area contributed by atoms with E-state index >= 15 is 0 Å². The Morgan fingerprint density at radius 1 is 1.22 bits per heavy atom. The lowest BCUT2D eigenvalue weighted by molar-refractivity contribution is 0.453. The predicted molar refractivity (Wildman–Crippen MR) is 63.5 cm³/mol. The first-order valence-electron chi connectivity index (χ1n) is 5.65. The Kier molecular flexibility index (Phi) is 3.52. The van der Waals surface area contributed by atoms with Crippen molar-refractivity contribution in [3.63, 3.8) is 0 Å². The fourth-order valence-electron chi connectivity index (χ4n) is 1.86. The molecule has 96 valence electrons. The SMILES string of the molecule is CC(CN)Cc1nccc2c(F)c(F)c(F)cc12. The van der Waals surface area contributed by atoms with Crippen molar-refractivity contribution in [3.8, 4) is 0 Å². The largest absolute Gasteiger partial charge is 0.330 e. The summed E-state index contributed by atoms with van der Waals surface area (Å²) in [5.41, 5.74) is 6.04. The zero-order valence-electron chi connectivity index (χ0n) is 9.88. The third-order valence-electron chi connectivity index (χ3n) is 2.93. The molecule has 0 amide bonds. The van der Waals surface area contributed by atoms with Gasteiger partial charge in [0.1, 0.15) is 0 Å². The second-order valence-electron chi connectivity index (χ2n) is 4.38. The minimum absolute atomic E-state index is 0.0446. The maximum Gasteiger partial charge on any atom is 0.195 e. The van der Waals surface area contributed by atoms with Crippen molar-refractivity contribution in [3.05, 3.63) is 41.5 Å². The molecule has 0 aliphatic rings. The van der Waals surface area contributed by atoms with Gasteiger partial charge in [0.05, 0.1) is 0 Å². The molecule has 0 aliphatic carbocycles. The third kappa shape index (κ3) is 2.18. The van der Waals surface area contributed by atoms with Gasteiger partial charge in [0.15, 0.2) is 17.5 Å². The van der Waals surface area contributed by atoms with Gasteiger partial charge < -0.3 is 5.73 Å². The molecule has 0 bridgehead atoms. The van der Waals surface area contributed by atoms with Gasteiger partial charge in [-0.3, -0.25) is 4.98 Å². The normalized spacial score (nSPS) is 12.9. The van der Waals surface area contributed by atoms with E-state index in [1.54, 1.807) is 0 Å². The molecule has 2 aromatic rings.